The summed E-state index contributed by atoms with van der Waals surface area (Å²) < 4.78 is 5.39. The van der Waals surface area contributed by atoms with E-state index in [1.165, 1.54) is 12.0 Å². The van der Waals surface area contributed by atoms with Crippen LogP contribution in [0, 0.1) is 0 Å². The van der Waals surface area contributed by atoms with Gasteiger partial charge in [-0.3, -0.25) is 0 Å². The summed E-state index contributed by atoms with van der Waals surface area (Å²) in [5.41, 5.74) is 3.42. The molecule has 1 heterocycles. The van der Waals surface area contributed by atoms with Crippen LogP contribution in [0.3, 0.4) is 0 Å². The number of aromatic nitrogens is 1. The molecule has 0 aliphatic heterocycles. The Morgan fingerprint density at radius 2 is 1.89 bits per heavy atom. The van der Waals surface area contributed by atoms with Gasteiger partial charge in [-0.2, -0.15) is 0 Å². The molecule has 3 heteroatoms. The van der Waals surface area contributed by atoms with Gasteiger partial charge in [0.05, 0.1) is 5.69 Å². The molecule has 0 aliphatic carbocycles. The molecular weight excluding hydrogens is 236 g/mol. The van der Waals surface area contributed by atoms with E-state index < -0.39 is 0 Å². The standard InChI is InChI=1S/C16H22N2O/c1-3-5-13-6-8-14(9-7-13)16-11-15(18-19-16)12-17-10-4-2/h6-9,11,17H,3-5,10,12H2,1-2H3. The van der Waals surface area contributed by atoms with Crippen LogP contribution in [0.1, 0.15) is 37.9 Å². The Balaban J connectivity index is 2.01. The lowest BCUT2D eigenvalue weighted by Gasteiger charge is -1.99. The summed E-state index contributed by atoms with van der Waals surface area (Å²) >= 11 is 0. The maximum Gasteiger partial charge on any atom is 0.167 e. The summed E-state index contributed by atoms with van der Waals surface area (Å²) in [6.45, 7) is 6.12. The number of hydrogen-bond donors (Lipinski definition) is 1. The van der Waals surface area contributed by atoms with Gasteiger partial charge in [0.25, 0.3) is 0 Å². The first-order valence-corrected chi connectivity index (χ1v) is 7.09. The highest BCUT2D eigenvalue weighted by molar-refractivity contribution is 5.57. The molecular formula is C16H22N2O. The molecule has 0 unspecified atom stereocenters. The summed E-state index contributed by atoms with van der Waals surface area (Å²) in [7, 11) is 0. The minimum Gasteiger partial charge on any atom is -0.356 e. The van der Waals surface area contributed by atoms with Crippen molar-refractivity contribution in [3.05, 3.63) is 41.6 Å². The van der Waals surface area contributed by atoms with Gasteiger partial charge < -0.3 is 9.84 Å². The van der Waals surface area contributed by atoms with Gasteiger partial charge in [-0.25, -0.2) is 0 Å². The van der Waals surface area contributed by atoms with Crippen LogP contribution >= 0.6 is 0 Å². The van der Waals surface area contributed by atoms with Crippen LogP contribution in [0.5, 0.6) is 0 Å². The van der Waals surface area contributed by atoms with Gasteiger partial charge in [-0.15, -0.1) is 0 Å². The molecule has 0 fully saturated rings. The van der Waals surface area contributed by atoms with Crippen LogP contribution in [0.15, 0.2) is 34.9 Å². The second-order valence-corrected chi connectivity index (χ2v) is 4.81. The molecule has 1 aromatic carbocycles. The van der Waals surface area contributed by atoms with Crippen molar-refractivity contribution in [1.29, 1.82) is 0 Å². The van der Waals surface area contributed by atoms with E-state index in [1.54, 1.807) is 0 Å². The fraction of sp³-hybridized carbons (Fsp3) is 0.438. The molecule has 0 radical (unpaired) electrons. The van der Waals surface area contributed by atoms with Gasteiger partial charge in [0.2, 0.25) is 0 Å². The van der Waals surface area contributed by atoms with Crippen LogP contribution in [0.2, 0.25) is 0 Å². The first kappa shape index (κ1) is 13.8. The number of nitrogens with zero attached hydrogens (tertiary/aromatic N) is 1. The molecule has 0 amide bonds. The third-order valence-corrected chi connectivity index (χ3v) is 3.07. The second kappa shape index (κ2) is 7.10. The predicted octanol–water partition coefficient (Wildman–Crippen LogP) is 3.79. The van der Waals surface area contributed by atoms with Crippen molar-refractivity contribution >= 4 is 0 Å². The second-order valence-electron chi connectivity index (χ2n) is 4.81. The molecule has 1 N–H and O–H groups in total. The molecule has 0 atom stereocenters. The van der Waals surface area contributed by atoms with Crippen molar-refractivity contribution in [3.63, 3.8) is 0 Å². The zero-order valence-electron chi connectivity index (χ0n) is 11.8. The molecule has 0 spiro atoms. The van der Waals surface area contributed by atoms with Gasteiger partial charge in [-0.05, 0) is 24.9 Å². The molecule has 2 rings (SSSR count). The quantitative estimate of drug-likeness (QED) is 0.768. The maximum absolute atomic E-state index is 5.39. The molecule has 19 heavy (non-hydrogen) atoms. The molecule has 2 aromatic rings. The van der Waals surface area contributed by atoms with Crippen LogP contribution in [0.4, 0.5) is 0 Å². The Morgan fingerprint density at radius 3 is 2.58 bits per heavy atom. The normalized spacial score (nSPS) is 10.8. The van der Waals surface area contributed by atoms with Crippen LogP contribution in [-0.4, -0.2) is 11.7 Å². The molecule has 1 aromatic heterocycles. The topological polar surface area (TPSA) is 38.1 Å². The van der Waals surface area contributed by atoms with Crippen molar-refractivity contribution in [2.24, 2.45) is 0 Å². The fourth-order valence-electron chi connectivity index (χ4n) is 2.05. The average Bonchev–Trinajstić information content (AvgIpc) is 2.89. The summed E-state index contributed by atoms with van der Waals surface area (Å²) in [4.78, 5) is 0. The monoisotopic (exact) mass is 258 g/mol. The zero-order valence-corrected chi connectivity index (χ0v) is 11.8. The highest BCUT2D eigenvalue weighted by Crippen LogP contribution is 2.21. The lowest BCUT2D eigenvalue weighted by atomic mass is 10.1. The first-order chi connectivity index (χ1) is 9.33. The van der Waals surface area contributed by atoms with Crippen LogP contribution in [-0.2, 0) is 13.0 Å². The molecule has 0 aliphatic rings. The molecule has 0 bridgehead atoms. The lowest BCUT2D eigenvalue weighted by Crippen LogP contribution is -2.13. The van der Waals surface area contributed by atoms with E-state index in [4.69, 9.17) is 4.52 Å². The van der Waals surface area contributed by atoms with Crippen molar-refractivity contribution in [2.75, 3.05) is 6.54 Å². The van der Waals surface area contributed by atoms with Gasteiger partial charge >= 0.3 is 0 Å². The molecule has 0 saturated heterocycles. The van der Waals surface area contributed by atoms with E-state index in [2.05, 4.69) is 48.6 Å². The van der Waals surface area contributed by atoms with Crippen molar-refractivity contribution in [2.45, 2.75) is 39.7 Å². The Morgan fingerprint density at radius 1 is 1.11 bits per heavy atom. The van der Waals surface area contributed by atoms with E-state index in [0.717, 1.165) is 42.9 Å². The molecule has 3 nitrogen and oxygen atoms in total. The Labute approximate surface area is 115 Å². The van der Waals surface area contributed by atoms with E-state index >= 15 is 0 Å². The molecule has 102 valence electrons. The van der Waals surface area contributed by atoms with Gasteiger partial charge in [-0.1, -0.05) is 49.7 Å². The summed E-state index contributed by atoms with van der Waals surface area (Å²) in [6, 6.07) is 10.5. The van der Waals surface area contributed by atoms with E-state index in [9.17, 15) is 0 Å². The minimum absolute atomic E-state index is 0.769. The van der Waals surface area contributed by atoms with Gasteiger partial charge in [0.15, 0.2) is 5.76 Å². The van der Waals surface area contributed by atoms with E-state index in [-0.39, 0.29) is 0 Å². The number of benzene rings is 1. The highest BCUT2D eigenvalue weighted by atomic mass is 16.5. The number of nitrogens with one attached hydrogen (secondary N) is 1. The fourth-order valence-corrected chi connectivity index (χ4v) is 2.05. The van der Waals surface area contributed by atoms with Crippen molar-refractivity contribution in [1.82, 2.24) is 10.5 Å². The summed E-state index contributed by atoms with van der Waals surface area (Å²) in [6.07, 6.45) is 3.43. The third kappa shape index (κ3) is 3.93. The average molecular weight is 258 g/mol. The van der Waals surface area contributed by atoms with Gasteiger partial charge in [0.1, 0.15) is 0 Å². The van der Waals surface area contributed by atoms with Crippen LogP contribution in [0.25, 0.3) is 11.3 Å². The minimum atomic E-state index is 0.769. The zero-order chi connectivity index (χ0) is 13.5. The lowest BCUT2D eigenvalue weighted by molar-refractivity contribution is 0.420. The Bertz CT molecular complexity index is 488. The Hall–Kier alpha value is -1.61. The first-order valence-electron chi connectivity index (χ1n) is 7.09. The maximum atomic E-state index is 5.39. The van der Waals surface area contributed by atoms with Crippen molar-refractivity contribution in [3.8, 4) is 11.3 Å². The summed E-state index contributed by atoms with van der Waals surface area (Å²) in [5, 5.41) is 7.41. The van der Waals surface area contributed by atoms with Crippen LogP contribution < -0.4 is 5.32 Å². The number of rotatable bonds is 7. The Kier molecular flexibility index (Phi) is 5.16. The van der Waals surface area contributed by atoms with Gasteiger partial charge in [0, 0.05) is 18.2 Å². The van der Waals surface area contributed by atoms with E-state index in [1.807, 2.05) is 6.07 Å². The van der Waals surface area contributed by atoms with E-state index in [0.29, 0.717) is 0 Å². The third-order valence-electron chi connectivity index (χ3n) is 3.07. The highest BCUT2D eigenvalue weighted by Gasteiger charge is 2.06. The largest absolute Gasteiger partial charge is 0.356 e. The number of aryl methyl sites for hydroxylation is 1. The summed E-state index contributed by atoms with van der Waals surface area (Å²) in [5.74, 6) is 0.844. The number of hydrogen-bond acceptors (Lipinski definition) is 3. The molecule has 0 saturated carbocycles. The predicted molar refractivity (Wildman–Crippen MR) is 77.9 cm³/mol. The SMILES string of the molecule is CCCNCc1cc(-c2ccc(CCC)cc2)on1. The smallest absolute Gasteiger partial charge is 0.167 e. The van der Waals surface area contributed by atoms with Crippen molar-refractivity contribution < 1.29 is 4.52 Å².